The summed E-state index contributed by atoms with van der Waals surface area (Å²) in [6, 6.07) is 12.1. The molecule has 0 atom stereocenters. The standard InChI is InChI=1S/C20H20ClN3O3/c1-13-4-6-16(10-14(13)2)24(9-3-8-22)19(25)12-27-18-11-15(21)5-7-17(18)20(23)26/h4-7,10-11H,3,9,12H2,1-2H3,(H2,23,26). The number of aryl methyl sites for hydroxylation is 2. The van der Waals surface area contributed by atoms with Crippen molar-refractivity contribution in [3.8, 4) is 11.8 Å². The van der Waals surface area contributed by atoms with E-state index in [-0.39, 0.29) is 36.8 Å². The van der Waals surface area contributed by atoms with E-state index >= 15 is 0 Å². The van der Waals surface area contributed by atoms with Crippen molar-refractivity contribution in [2.24, 2.45) is 5.73 Å². The molecular weight excluding hydrogens is 366 g/mol. The van der Waals surface area contributed by atoms with Crippen molar-refractivity contribution >= 4 is 29.1 Å². The number of rotatable bonds is 7. The van der Waals surface area contributed by atoms with Crippen molar-refractivity contribution < 1.29 is 14.3 Å². The van der Waals surface area contributed by atoms with Crippen LogP contribution in [0.2, 0.25) is 5.02 Å². The van der Waals surface area contributed by atoms with E-state index in [1.165, 1.54) is 23.1 Å². The van der Waals surface area contributed by atoms with Gasteiger partial charge in [-0.15, -0.1) is 0 Å². The molecular formula is C20H20ClN3O3. The van der Waals surface area contributed by atoms with Crippen LogP contribution in [0.15, 0.2) is 36.4 Å². The second-order valence-electron chi connectivity index (χ2n) is 6.02. The number of nitriles is 1. The summed E-state index contributed by atoms with van der Waals surface area (Å²) < 4.78 is 5.52. The maximum Gasteiger partial charge on any atom is 0.264 e. The van der Waals surface area contributed by atoms with Crippen LogP contribution >= 0.6 is 11.6 Å². The highest BCUT2D eigenvalue weighted by molar-refractivity contribution is 6.30. The van der Waals surface area contributed by atoms with Crippen LogP contribution in [0.3, 0.4) is 0 Å². The highest BCUT2D eigenvalue weighted by Crippen LogP contribution is 2.24. The van der Waals surface area contributed by atoms with Gasteiger partial charge in [-0.2, -0.15) is 5.26 Å². The molecule has 0 aliphatic carbocycles. The van der Waals surface area contributed by atoms with Gasteiger partial charge < -0.3 is 15.4 Å². The number of halogens is 1. The van der Waals surface area contributed by atoms with Crippen LogP contribution in [0.1, 0.15) is 27.9 Å². The zero-order valence-corrected chi connectivity index (χ0v) is 15.9. The summed E-state index contributed by atoms with van der Waals surface area (Å²) >= 11 is 5.93. The molecule has 0 aliphatic heterocycles. The molecule has 2 N–H and O–H groups in total. The number of hydrogen-bond acceptors (Lipinski definition) is 4. The summed E-state index contributed by atoms with van der Waals surface area (Å²) in [6.45, 7) is 3.85. The zero-order chi connectivity index (χ0) is 20.0. The third-order valence-corrected chi connectivity index (χ3v) is 4.35. The van der Waals surface area contributed by atoms with E-state index in [0.717, 1.165) is 11.1 Å². The summed E-state index contributed by atoms with van der Waals surface area (Å²) in [5.41, 5.74) is 8.29. The van der Waals surface area contributed by atoms with E-state index in [0.29, 0.717) is 10.7 Å². The van der Waals surface area contributed by atoms with E-state index in [4.69, 9.17) is 27.3 Å². The van der Waals surface area contributed by atoms with Gasteiger partial charge in [-0.25, -0.2) is 0 Å². The molecule has 7 heteroatoms. The highest BCUT2D eigenvalue weighted by Gasteiger charge is 2.18. The number of anilines is 1. The minimum atomic E-state index is -0.676. The molecule has 0 spiro atoms. The summed E-state index contributed by atoms with van der Waals surface area (Å²) in [7, 11) is 0. The number of amides is 2. The fourth-order valence-corrected chi connectivity index (χ4v) is 2.65. The molecule has 0 bridgehead atoms. The van der Waals surface area contributed by atoms with E-state index in [1.54, 1.807) is 0 Å². The monoisotopic (exact) mass is 385 g/mol. The van der Waals surface area contributed by atoms with Crippen LogP contribution in [0.4, 0.5) is 5.69 Å². The number of nitrogens with two attached hydrogens (primary N) is 1. The Labute approximate surface area is 163 Å². The molecule has 2 aromatic rings. The molecule has 2 rings (SSSR count). The van der Waals surface area contributed by atoms with Gasteiger partial charge in [-0.1, -0.05) is 17.7 Å². The van der Waals surface area contributed by atoms with Crippen LogP contribution in [0.5, 0.6) is 5.75 Å². The smallest absolute Gasteiger partial charge is 0.264 e. The van der Waals surface area contributed by atoms with Crippen LogP contribution in [0, 0.1) is 25.2 Å². The van der Waals surface area contributed by atoms with Gasteiger partial charge in [0.2, 0.25) is 0 Å². The Morgan fingerprint density at radius 2 is 1.93 bits per heavy atom. The Hall–Kier alpha value is -3.04. The van der Waals surface area contributed by atoms with Gasteiger partial charge in [-0.05, 0) is 55.3 Å². The molecule has 0 heterocycles. The minimum absolute atomic E-state index is 0.141. The SMILES string of the molecule is Cc1ccc(N(CCC#N)C(=O)COc2cc(Cl)ccc2C(N)=O)cc1C. The van der Waals surface area contributed by atoms with Crippen molar-refractivity contribution in [3.05, 3.63) is 58.1 Å². The number of nitrogens with zero attached hydrogens (tertiary/aromatic N) is 2. The summed E-state index contributed by atoms with van der Waals surface area (Å²) in [5.74, 6) is -0.878. The van der Waals surface area contributed by atoms with E-state index in [1.807, 2.05) is 38.1 Å². The average Bonchev–Trinajstić information content (AvgIpc) is 2.62. The third kappa shape index (κ3) is 5.22. The number of primary amides is 1. The molecule has 140 valence electrons. The third-order valence-electron chi connectivity index (χ3n) is 4.11. The van der Waals surface area contributed by atoms with Crippen molar-refractivity contribution in [2.75, 3.05) is 18.1 Å². The number of carbonyl (C=O) groups is 2. The number of hydrogen-bond donors (Lipinski definition) is 1. The summed E-state index contributed by atoms with van der Waals surface area (Å²) in [6.07, 6.45) is 0.183. The average molecular weight is 386 g/mol. The van der Waals surface area contributed by atoms with Crippen molar-refractivity contribution in [1.82, 2.24) is 0 Å². The first-order valence-electron chi connectivity index (χ1n) is 8.30. The highest BCUT2D eigenvalue weighted by atomic mass is 35.5. The summed E-state index contributed by atoms with van der Waals surface area (Å²) in [4.78, 5) is 25.7. The Morgan fingerprint density at radius 1 is 1.19 bits per heavy atom. The second-order valence-corrected chi connectivity index (χ2v) is 6.45. The largest absolute Gasteiger partial charge is 0.483 e. The summed E-state index contributed by atoms with van der Waals surface area (Å²) in [5, 5.41) is 9.25. The second kappa shape index (κ2) is 9.06. The fourth-order valence-electron chi connectivity index (χ4n) is 2.49. The molecule has 2 amide bonds. The first-order valence-corrected chi connectivity index (χ1v) is 8.68. The maximum atomic E-state index is 12.7. The minimum Gasteiger partial charge on any atom is -0.483 e. The van der Waals surface area contributed by atoms with E-state index in [2.05, 4.69) is 0 Å². The lowest BCUT2D eigenvalue weighted by atomic mass is 10.1. The van der Waals surface area contributed by atoms with Gasteiger partial charge in [0.1, 0.15) is 5.75 Å². The topological polar surface area (TPSA) is 96.4 Å². The molecule has 0 unspecified atom stereocenters. The van der Waals surface area contributed by atoms with Crippen molar-refractivity contribution in [3.63, 3.8) is 0 Å². The molecule has 0 aromatic heterocycles. The van der Waals surface area contributed by atoms with Crippen LogP contribution in [0.25, 0.3) is 0 Å². The molecule has 0 radical (unpaired) electrons. The predicted octanol–water partition coefficient (Wildman–Crippen LogP) is 3.38. The maximum absolute atomic E-state index is 12.7. The van der Waals surface area contributed by atoms with Gasteiger partial charge in [0, 0.05) is 17.3 Å². The van der Waals surface area contributed by atoms with Crippen LogP contribution in [-0.4, -0.2) is 25.0 Å². The lowest BCUT2D eigenvalue weighted by Gasteiger charge is -2.23. The first-order chi connectivity index (χ1) is 12.8. The Morgan fingerprint density at radius 3 is 2.56 bits per heavy atom. The van der Waals surface area contributed by atoms with Crippen LogP contribution < -0.4 is 15.4 Å². The predicted molar refractivity (Wildman–Crippen MR) is 104 cm³/mol. The van der Waals surface area contributed by atoms with Gasteiger partial charge >= 0.3 is 0 Å². The molecule has 6 nitrogen and oxygen atoms in total. The number of benzene rings is 2. The van der Waals surface area contributed by atoms with Crippen LogP contribution in [-0.2, 0) is 4.79 Å². The molecule has 0 aliphatic rings. The van der Waals surface area contributed by atoms with E-state index in [9.17, 15) is 9.59 Å². The molecule has 0 saturated carbocycles. The van der Waals surface area contributed by atoms with Gasteiger partial charge in [0.15, 0.2) is 6.61 Å². The Bertz CT molecular complexity index is 906. The molecule has 0 saturated heterocycles. The van der Waals surface area contributed by atoms with Gasteiger partial charge in [-0.3, -0.25) is 9.59 Å². The van der Waals surface area contributed by atoms with E-state index < -0.39 is 5.91 Å². The first kappa shape index (κ1) is 20.3. The molecule has 27 heavy (non-hydrogen) atoms. The van der Waals surface area contributed by atoms with Gasteiger partial charge in [0.25, 0.3) is 11.8 Å². The zero-order valence-electron chi connectivity index (χ0n) is 15.2. The lowest BCUT2D eigenvalue weighted by Crippen LogP contribution is -2.36. The molecule has 2 aromatic carbocycles. The molecule has 0 fully saturated rings. The quantitative estimate of drug-likeness (QED) is 0.790. The Kier molecular flexibility index (Phi) is 6.80. The number of ether oxygens (including phenoxy) is 1. The van der Waals surface area contributed by atoms with Gasteiger partial charge in [0.05, 0.1) is 18.1 Å². The van der Waals surface area contributed by atoms with Crippen molar-refractivity contribution in [1.29, 1.82) is 5.26 Å². The Balaban J connectivity index is 2.22. The number of carbonyl (C=O) groups excluding carboxylic acids is 2. The lowest BCUT2D eigenvalue weighted by molar-refractivity contribution is -0.120. The normalized spacial score (nSPS) is 10.1. The van der Waals surface area contributed by atoms with Crippen molar-refractivity contribution in [2.45, 2.75) is 20.3 Å². The fraction of sp³-hybridized carbons (Fsp3) is 0.250.